The number of hydrogen-bond donors (Lipinski definition) is 0. The Bertz CT molecular complexity index is 2580. The van der Waals surface area contributed by atoms with Crippen molar-refractivity contribution in [1.82, 2.24) is 4.57 Å². The van der Waals surface area contributed by atoms with Crippen LogP contribution in [0, 0.1) is 0 Å². The molecule has 0 saturated heterocycles. The molecule has 200 valence electrons. The molecule has 1 nitrogen and oxygen atoms in total. The zero-order chi connectivity index (χ0) is 28.1. The molecule has 0 N–H and O–H groups in total. The molecular weight excluding hydrogens is 539 g/mol. The zero-order valence-corrected chi connectivity index (χ0v) is 24.2. The Morgan fingerprint density at radius 2 is 1.19 bits per heavy atom. The number of thiophene rings is 1. The standard InChI is InChI=1S/C41H25NS/c1-2-10-28(11-3-1)42-36-16-8-6-12-30(36)34-23-26(19-21-37(34)42)25-18-20-29-27(22-25)24-35-39(29)31-13-4-5-14-32(31)40-33-15-7-9-17-38(33)43-41(35)40/h1-23H,24H2. The highest BCUT2D eigenvalue weighted by atomic mass is 32.1. The van der Waals surface area contributed by atoms with Gasteiger partial charge in [-0.2, -0.15) is 0 Å². The molecule has 2 heterocycles. The summed E-state index contributed by atoms with van der Waals surface area (Å²) in [6.07, 6.45) is 0.974. The smallest absolute Gasteiger partial charge is 0.0541 e. The van der Waals surface area contributed by atoms with Crippen LogP contribution in [0.1, 0.15) is 11.1 Å². The fourth-order valence-corrected chi connectivity index (χ4v) is 8.82. The van der Waals surface area contributed by atoms with Gasteiger partial charge in [0.25, 0.3) is 0 Å². The molecule has 0 unspecified atom stereocenters. The minimum Gasteiger partial charge on any atom is -0.309 e. The fourth-order valence-electron chi connectivity index (χ4n) is 7.56. The lowest BCUT2D eigenvalue weighted by Gasteiger charge is -2.10. The van der Waals surface area contributed by atoms with Gasteiger partial charge in [0.15, 0.2) is 0 Å². The highest BCUT2D eigenvalue weighted by molar-refractivity contribution is 7.26. The number of benzene rings is 7. The Hall–Kier alpha value is -5.18. The van der Waals surface area contributed by atoms with Crippen molar-refractivity contribution in [2.45, 2.75) is 6.42 Å². The molecule has 0 amide bonds. The van der Waals surface area contributed by atoms with Crippen molar-refractivity contribution in [2.75, 3.05) is 0 Å². The van der Waals surface area contributed by atoms with Crippen LogP contribution in [0.25, 0.3) is 80.7 Å². The summed E-state index contributed by atoms with van der Waals surface area (Å²) in [5.41, 5.74) is 11.9. The van der Waals surface area contributed by atoms with Gasteiger partial charge in [-0.05, 0) is 80.6 Å². The van der Waals surface area contributed by atoms with Crippen LogP contribution in [-0.4, -0.2) is 4.57 Å². The SMILES string of the molecule is c1ccc(-n2c3ccccc3c3cc(-c4ccc5c(c4)Cc4c-5c5ccccc5c5c4sc4ccccc45)ccc32)cc1. The third-order valence-electron chi connectivity index (χ3n) is 9.40. The highest BCUT2D eigenvalue weighted by Gasteiger charge is 2.26. The molecule has 0 fully saturated rings. The van der Waals surface area contributed by atoms with Gasteiger partial charge in [0, 0.05) is 43.1 Å². The molecular formula is C41H25NS. The van der Waals surface area contributed by atoms with E-state index < -0.39 is 0 Å². The molecule has 7 aromatic carbocycles. The number of hydrogen-bond acceptors (Lipinski definition) is 1. The summed E-state index contributed by atoms with van der Waals surface area (Å²) >= 11 is 1.95. The Labute approximate surface area is 252 Å². The van der Waals surface area contributed by atoms with Crippen molar-refractivity contribution in [1.29, 1.82) is 0 Å². The first kappa shape index (κ1) is 23.4. The number of aromatic nitrogens is 1. The largest absolute Gasteiger partial charge is 0.309 e. The quantitative estimate of drug-likeness (QED) is 0.197. The van der Waals surface area contributed by atoms with Crippen molar-refractivity contribution in [3.63, 3.8) is 0 Å². The maximum Gasteiger partial charge on any atom is 0.0541 e. The average Bonchev–Trinajstić information content (AvgIpc) is 3.75. The van der Waals surface area contributed by atoms with Crippen molar-refractivity contribution < 1.29 is 0 Å². The van der Waals surface area contributed by atoms with E-state index in [1.54, 1.807) is 0 Å². The topological polar surface area (TPSA) is 4.93 Å². The molecule has 0 saturated carbocycles. The minimum atomic E-state index is 0.974. The maximum absolute atomic E-state index is 2.45. The van der Waals surface area contributed by atoms with Gasteiger partial charge in [-0.25, -0.2) is 0 Å². The van der Waals surface area contributed by atoms with E-state index >= 15 is 0 Å². The van der Waals surface area contributed by atoms with E-state index in [0.29, 0.717) is 0 Å². The molecule has 9 aromatic rings. The molecule has 1 aliphatic carbocycles. The third kappa shape index (κ3) is 3.22. The molecule has 10 rings (SSSR count). The van der Waals surface area contributed by atoms with E-state index in [2.05, 4.69) is 144 Å². The second-order valence-electron chi connectivity index (χ2n) is 11.7. The number of fused-ring (bicyclic) bond motifs is 13. The second-order valence-corrected chi connectivity index (χ2v) is 12.7. The molecule has 1 aliphatic rings. The van der Waals surface area contributed by atoms with Crippen LogP contribution in [0.5, 0.6) is 0 Å². The molecule has 2 heteroatoms. The predicted molar refractivity (Wildman–Crippen MR) is 185 cm³/mol. The highest BCUT2D eigenvalue weighted by Crippen LogP contribution is 2.51. The lowest BCUT2D eigenvalue weighted by atomic mass is 9.93. The van der Waals surface area contributed by atoms with Crippen molar-refractivity contribution in [2.24, 2.45) is 0 Å². The normalized spacial score (nSPS) is 12.6. The maximum atomic E-state index is 2.45. The van der Waals surface area contributed by atoms with Gasteiger partial charge in [0.05, 0.1) is 11.0 Å². The number of nitrogens with zero attached hydrogens (tertiary/aromatic N) is 1. The first-order valence-electron chi connectivity index (χ1n) is 14.9. The number of rotatable bonds is 2. The van der Waals surface area contributed by atoms with Crippen molar-refractivity contribution >= 4 is 64.1 Å². The Balaban J connectivity index is 1.17. The summed E-state index contributed by atoms with van der Waals surface area (Å²) in [6.45, 7) is 0. The third-order valence-corrected chi connectivity index (χ3v) is 10.6. The first-order valence-corrected chi connectivity index (χ1v) is 15.7. The van der Waals surface area contributed by atoms with Gasteiger partial charge in [-0.1, -0.05) is 103 Å². The lowest BCUT2D eigenvalue weighted by Crippen LogP contribution is -1.92. The van der Waals surface area contributed by atoms with Crippen LogP contribution >= 0.6 is 11.3 Å². The Morgan fingerprint density at radius 1 is 0.512 bits per heavy atom. The van der Waals surface area contributed by atoms with Gasteiger partial charge in [0.1, 0.15) is 0 Å². The molecule has 0 aliphatic heterocycles. The number of para-hydroxylation sites is 2. The van der Waals surface area contributed by atoms with Crippen molar-refractivity contribution in [3.8, 4) is 27.9 Å². The van der Waals surface area contributed by atoms with E-state index in [4.69, 9.17) is 0 Å². The van der Waals surface area contributed by atoms with E-state index in [1.165, 1.54) is 91.8 Å². The summed E-state index contributed by atoms with van der Waals surface area (Å²) in [6, 6.07) is 51.5. The minimum absolute atomic E-state index is 0.974. The van der Waals surface area contributed by atoms with E-state index in [-0.39, 0.29) is 0 Å². The van der Waals surface area contributed by atoms with E-state index in [0.717, 1.165) is 6.42 Å². The summed E-state index contributed by atoms with van der Waals surface area (Å²) < 4.78 is 5.20. The Morgan fingerprint density at radius 3 is 2.07 bits per heavy atom. The van der Waals surface area contributed by atoms with Gasteiger partial charge in [-0.15, -0.1) is 11.3 Å². The van der Waals surface area contributed by atoms with Gasteiger partial charge < -0.3 is 4.57 Å². The second kappa shape index (κ2) is 8.67. The van der Waals surface area contributed by atoms with Crippen LogP contribution in [-0.2, 0) is 6.42 Å². The zero-order valence-electron chi connectivity index (χ0n) is 23.3. The Kier molecular flexibility index (Phi) is 4.72. The molecule has 0 spiro atoms. The van der Waals surface area contributed by atoms with Crippen LogP contribution in [0.15, 0.2) is 140 Å². The van der Waals surface area contributed by atoms with Gasteiger partial charge in [-0.3, -0.25) is 0 Å². The van der Waals surface area contributed by atoms with Crippen LogP contribution in [0.3, 0.4) is 0 Å². The van der Waals surface area contributed by atoms with Crippen molar-refractivity contribution in [3.05, 3.63) is 151 Å². The van der Waals surface area contributed by atoms with Crippen LogP contribution < -0.4 is 0 Å². The summed E-state index contributed by atoms with van der Waals surface area (Å²) in [5, 5.41) is 8.11. The van der Waals surface area contributed by atoms with Gasteiger partial charge in [0.2, 0.25) is 0 Å². The van der Waals surface area contributed by atoms with Crippen LogP contribution in [0.2, 0.25) is 0 Å². The molecule has 0 atom stereocenters. The predicted octanol–water partition coefficient (Wildman–Crippen LogP) is 11.5. The van der Waals surface area contributed by atoms with E-state index in [1.807, 2.05) is 11.3 Å². The summed E-state index contributed by atoms with van der Waals surface area (Å²) in [7, 11) is 0. The monoisotopic (exact) mass is 563 g/mol. The molecule has 0 bridgehead atoms. The van der Waals surface area contributed by atoms with Gasteiger partial charge >= 0.3 is 0 Å². The summed E-state index contributed by atoms with van der Waals surface area (Å²) in [4.78, 5) is 0. The summed E-state index contributed by atoms with van der Waals surface area (Å²) in [5.74, 6) is 0. The van der Waals surface area contributed by atoms with E-state index in [9.17, 15) is 0 Å². The average molecular weight is 564 g/mol. The fraction of sp³-hybridized carbons (Fsp3) is 0.0244. The molecule has 2 aromatic heterocycles. The first-order chi connectivity index (χ1) is 21.3. The molecule has 43 heavy (non-hydrogen) atoms. The molecule has 0 radical (unpaired) electrons. The van der Waals surface area contributed by atoms with Crippen LogP contribution in [0.4, 0.5) is 0 Å². The lowest BCUT2D eigenvalue weighted by molar-refractivity contribution is 1.18.